The molecule has 1 aromatic rings. The van der Waals surface area contributed by atoms with Crippen LogP contribution in [0.15, 0.2) is 24.3 Å². The Hall–Kier alpha value is -1.79. The number of ether oxygens (including phenoxy) is 3. The lowest BCUT2D eigenvalue weighted by atomic mass is 10.2. The molecule has 0 aliphatic carbocycles. The summed E-state index contributed by atoms with van der Waals surface area (Å²) >= 11 is 0. The van der Waals surface area contributed by atoms with Crippen molar-refractivity contribution in [3.8, 4) is 11.5 Å². The number of likely N-dealkylation sites (N-methyl/N-ethyl adjacent to an activating group) is 1. The van der Waals surface area contributed by atoms with Gasteiger partial charge in [0.25, 0.3) is 0 Å². The molecule has 1 aromatic carbocycles. The van der Waals surface area contributed by atoms with Crippen LogP contribution in [0.5, 0.6) is 11.5 Å². The zero-order valence-corrected chi connectivity index (χ0v) is 13.9. The van der Waals surface area contributed by atoms with Crippen LogP contribution in [0.4, 0.5) is 0 Å². The second-order valence-corrected chi connectivity index (χ2v) is 5.61. The number of hydrogen-bond donors (Lipinski definition) is 1. The number of amides is 1. The number of benzene rings is 1. The third-order valence-electron chi connectivity index (χ3n) is 3.85. The van der Waals surface area contributed by atoms with Crippen LogP contribution in [-0.2, 0) is 9.53 Å². The predicted octanol–water partition coefficient (Wildman–Crippen LogP) is 1.30. The minimum atomic E-state index is 0.0568. The molecule has 2 rings (SSSR count). The zero-order valence-electron chi connectivity index (χ0n) is 13.9. The quantitative estimate of drug-likeness (QED) is 0.743. The van der Waals surface area contributed by atoms with Gasteiger partial charge >= 0.3 is 0 Å². The van der Waals surface area contributed by atoms with E-state index in [-0.39, 0.29) is 12.0 Å². The smallest absolute Gasteiger partial charge is 0.236 e. The summed E-state index contributed by atoms with van der Waals surface area (Å²) in [7, 11) is 3.41. The van der Waals surface area contributed by atoms with Crippen LogP contribution in [0.2, 0.25) is 0 Å². The SMILES string of the molecule is COc1ccc(OCCN(C)C(=O)CNCC2CCCO2)cc1. The molecule has 1 unspecified atom stereocenters. The van der Waals surface area contributed by atoms with Crippen LogP contribution in [0, 0.1) is 0 Å². The van der Waals surface area contributed by atoms with Gasteiger partial charge in [-0.3, -0.25) is 4.79 Å². The Morgan fingerprint density at radius 3 is 2.74 bits per heavy atom. The molecule has 1 aliphatic heterocycles. The monoisotopic (exact) mass is 322 g/mol. The third-order valence-corrected chi connectivity index (χ3v) is 3.85. The zero-order chi connectivity index (χ0) is 16.5. The second kappa shape index (κ2) is 9.37. The highest BCUT2D eigenvalue weighted by Gasteiger charge is 2.16. The summed E-state index contributed by atoms with van der Waals surface area (Å²) in [5, 5.41) is 3.16. The topological polar surface area (TPSA) is 60.0 Å². The lowest BCUT2D eigenvalue weighted by molar-refractivity contribution is -0.129. The molecular formula is C17H26N2O4. The summed E-state index contributed by atoms with van der Waals surface area (Å²) in [6.45, 7) is 2.91. The first kappa shape index (κ1) is 17.6. The first-order chi connectivity index (χ1) is 11.2. The highest BCUT2D eigenvalue weighted by Crippen LogP contribution is 2.16. The van der Waals surface area contributed by atoms with Crippen LogP contribution in [0.25, 0.3) is 0 Å². The molecule has 128 valence electrons. The Kier molecular flexibility index (Phi) is 7.16. The molecule has 0 aromatic heterocycles. The summed E-state index contributed by atoms with van der Waals surface area (Å²) in [5.41, 5.74) is 0. The maximum Gasteiger partial charge on any atom is 0.236 e. The van der Waals surface area contributed by atoms with Crippen molar-refractivity contribution in [2.45, 2.75) is 18.9 Å². The maximum absolute atomic E-state index is 12.0. The number of nitrogens with zero attached hydrogens (tertiary/aromatic N) is 1. The Morgan fingerprint density at radius 2 is 2.09 bits per heavy atom. The van der Waals surface area contributed by atoms with Gasteiger partial charge in [-0.2, -0.15) is 0 Å². The molecule has 0 saturated carbocycles. The molecule has 0 spiro atoms. The number of nitrogens with one attached hydrogen (secondary N) is 1. The van der Waals surface area contributed by atoms with E-state index in [1.165, 1.54) is 0 Å². The molecule has 1 heterocycles. The van der Waals surface area contributed by atoms with Gasteiger partial charge in [-0.15, -0.1) is 0 Å². The van der Waals surface area contributed by atoms with Crippen molar-refractivity contribution < 1.29 is 19.0 Å². The minimum absolute atomic E-state index is 0.0568. The van der Waals surface area contributed by atoms with Crippen LogP contribution in [0.3, 0.4) is 0 Å². The average Bonchev–Trinajstić information content (AvgIpc) is 3.08. The Bertz CT molecular complexity index is 472. The average molecular weight is 322 g/mol. The fraction of sp³-hybridized carbons (Fsp3) is 0.588. The van der Waals surface area contributed by atoms with Gasteiger partial charge in [0.1, 0.15) is 18.1 Å². The van der Waals surface area contributed by atoms with Crippen LogP contribution < -0.4 is 14.8 Å². The molecule has 1 atom stereocenters. The maximum atomic E-state index is 12.0. The fourth-order valence-corrected chi connectivity index (χ4v) is 2.38. The number of carbonyl (C=O) groups excluding carboxylic acids is 1. The molecule has 1 fully saturated rings. The largest absolute Gasteiger partial charge is 0.497 e. The van der Waals surface area contributed by atoms with Gasteiger partial charge in [0, 0.05) is 20.2 Å². The summed E-state index contributed by atoms with van der Waals surface area (Å²) < 4.78 is 16.2. The van der Waals surface area contributed by atoms with Gasteiger partial charge in [-0.05, 0) is 37.1 Å². The van der Waals surface area contributed by atoms with Crippen LogP contribution >= 0.6 is 0 Å². The van der Waals surface area contributed by atoms with Crippen molar-refractivity contribution in [3.63, 3.8) is 0 Å². The van der Waals surface area contributed by atoms with Crippen molar-refractivity contribution in [1.82, 2.24) is 10.2 Å². The van der Waals surface area contributed by atoms with Gasteiger partial charge in [-0.25, -0.2) is 0 Å². The van der Waals surface area contributed by atoms with E-state index < -0.39 is 0 Å². The minimum Gasteiger partial charge on any atom is -0.497 e. The van der Waals surface area contributed by atoms with Crippen molar-refractivity contribution in [3.05, 3.63) is 24.3 Å². The van der Waals surface area contributed by atoms with E-state index in [0.29, 0.717) is 19.7 Å². The van der Waals surface area contributed by atoms with E-state index in [2.05, 4.69) is 5.32 Å². The van der Waals surface area contributed by atoms with Gasteiger partial charge < -0.3 is 24.4 Å². The number of carbonyl (C=O) groups is 1. The standard InChI is InChI=1S/C17H26N2O4/c1-19(17(20)13-18-12-16-4-3-10-22-16)9-11-23-15-7-5-14(21-2)6-8-15/h5-8,16,18H,3-4,9-13H2,1-2H3. The lowest BCUT2D eigenvalue weighted by Crippen LogP contribution is -2.39. The molecule has 1 aliphatic rings. The van der Waals surface area contributed by atoms with Crippen molar-refractivity contribution in [2.24, 2.45) is 0 Å². The summed E-state index contributed by atoms with van der Waals surface area (Å²) in [6.07, 6.45) is 2.45. The molecule has 0 radical (unpaired) electrons. The van der Waals surface area contributed by atoms with E-state index in [1.807, 2.05) is 24.3 Å². The van der Waals surface area contributed by atoms with E-state index in [9.17, 15) is 4.79 Å². The van der Waals surface area contributed by atoms with E-state index in [1.54, 1.807) is 19.1 Å². The highest BCUT2D eigenvalue weighted by molar-refractivity contribution is 5.77. The first-order valence-corrected chi connectivity index (χ1v) is 8.02. The van der Waals surface area contributed by atoms with Gasteiger partial charge in [-0.1, -0.05) is 0 Å². The highest BCUT2D eigenvalue weighted by atomic mass is 16.5. The van der Waals surface area contributed by atoms with Gasteiger partial charge in [0.05, 0.1) is 26.3 Å². The van der Waals surface area contributed by atoms with Crippen molar-refractivity contribution in [1.29, 1.82) is 0 Å². The van der Waals surface area contributed by atoms with Crippen LogP contribution in [0.1, 0.15) is 12.8 Å². The molecule has 0 bridgehead atoms. The number of hydrogen-bond acceptors (Lipinski definition) is 5. The van der Waals surface area contributed by atoms with Crippen LogP contribution in [-0.4, -0.2) is 63.9 Å². The third kappa shape index (κ3) is 6.08. The number of methoxy groups -OCH3 is 1. The normalized spacial score (nSPS) is 17.0. The molecule has 6 nitrogen and oxygen atoms in total. The Labute approximate surface area is 137 Å². The Balaban J connectivity index is 1.59. The van der Waals surface area contributed by atoms with Gasteiger partial charge in [0.2, 0.25) is 5.91 Å². The summed E-state index contributed by atoms with van der Waals surface area (Å²) in [6, 6.07) is 7.39. The molecule has 23 heavy (non-hydrogen) atoms. The first-order valence-electron chi connectivity index (χ1n) is 8.02. The van der Waals surface area contributed by atoms with Gasteiger partial charge in [0.15, 0.2) is 0 Å². The molecule has 1 N–H and O–H groups in total. The lowest BCUT2D eigenvalue weighted by Gasteiger charge is -2.18. The molecular weight excluding hydrogens is 296 g/mol. The summed E-state index contributed by atoms with van der Waals surface area (Å²) in [5.74, 6) is 1.62. The van der Waals surface area contributed by atoms with E-state index in [0.717, 1.165) is 37.5 Å². The van der Waals surface area contributed by atoms with E-state index in [4.69, 9.17) is 14.2 Å². The summed E-state index contributed by atoms with van der Waals surface area (Å²) in [4.78, 5) is 13.7. The van der Waals surface area contributed by atoms with Crippen molar-refractivity contribution >= 4 is 5.91 Å². The van der Waals surface area contributed by atoms with Crippen molar-refractivity contribution in [2.75, 3.05) is 47.0 Å². The molecule has 1 saturated heterocycles. The van der Waals surface area contributed by atoms with E-state index >= 15 is 0 Å². The molecule has 1 amide bonds. The number of rotatable bonds is 9. The fourth-order valence-electron chi connectivity index (χ4n) is 2.38. The predicted molar refractivity (Wildman–Crippen MR) is 88.0 cm³/mol. The second-order valence-electron chi connectivity index (χ2n) is 5.61. The molecule has 6 heteroatoms. The Morgan fingerprint density at radius 1 is 1.35 bits per heavy atom.